The van der Waals surface area contributed by atoms with E-state index < -0.39 is 17.6 Å². The Kier molecular flexibility index (Phi) is 6.81. The average Bonchev–Trinajstić information content (AvgIpc) is 2.93. The van der Waals surface area contributed by atoms with E-state index in [9.17, 15) is 14.0 Å². The summed E-state index contributed by atoms with van der Waals surface area (Å²) in [6, 6.07) is 9.37. The molecule has 150 valence electrons. The van der Waals surface area contributed by atoms with Gasteiger partial charge in [-0.25, -0.2) is 4.39 Å². The van der Waals surface area contributed by atoms with Gasteiger partial charge in [0.25, 0.3) is 0 Å². The normalized spacial score (nSPS) is 16.2. The molecule has 28 heavy (non-hydrogen) atoms. The highest BCUT2D eigenvalue weighted by atomic mass is 19.1. The molecule has 1 aromatic heterocycles. The number of nitrogens with zero attached hydrogens (tertiary/aromatic N) is 2. The van der Waals surface area contributed by atoms with Crippen molar-refractivity contribution in [3.63, 3.8) is 0 Å². The van der Waals surface area contributed by atoms with E-state index in [1.807, 2.05) is 19.3 Å². The maximum Gasteiger partial charge on any atom is 0.313 e. The molecule has 2 aromatic rings. The van der Waals surface area contributed by atoms with Crippen LogP contribution in [0.15, 0.2) is 42.6 Å². The highest BCUT2D eigenvalue weighted by Gasteiger charge is 2.25. The average molecular weight is 386 g/mol. The molecule has 2 amide bonds. The molecule has 2 N–H and O–H groups in total. The van der Waals surface area contributed by atoms with Gasteiger partial charge in [-0.15, -0.1) is 0 Å². The monoisotopic (exact) mass is 386 g/mol. The lowest BCUT2D eigenvalue weighted by molar-refractivity contribution is -0.136. The Labute approximate surface area is 164 Å². The van der Waals surface area contributed by atoms with E-state index in [4.69, 9.17) is 0 Å². The van der Waals surface area contributed by atoms with Crippen LogP contribution in [0, 0.1) is 5.82 Å². The minimum absolute atomic E-state index is 0.0145. The first kappa shape index (κ1) is 20.1. The molecule has 0 aliphatic carbocycles. The molecular weight excluding hydrogens is 359 g/mol. The molecule has 3 rings (SSSR count). The molecular formula is C21H27FN4O2. The number of carbonyl (C=O) groups excluding carboxylic acids is 2. The molecule has 1 aliphatic heterocycles. The fraction of sp³-hybridized carbons (Fsp3) is 0.429. The van der Waals surface area contributed by atoms with Crippen LogP contribution >= 0.6 is 0 Å². The van der Waals surface area contributed by atoms with Crippen LogP contribution in [0.2, 0.25) is 0 Å². The number of aryl methyl sites for hydroxylation is 1. The number of hydrogen-bond acceptors (Lipinski definition) is 3. The first-order valence-corrected chi connectivity index (χ1v) is 9.74. The van der Waals surface area contributed by atoms with Crippen molar-refractivity contribution in [2.24, 2.45) is 7.05 Å². The summed E-state index contributed by atoms with van der Waals surface area (Å²) in [4.78, 5) is 26.8. The van der Waals surface area contributed by atoms with Crippen LogP contribution in [0.5, 0.6) is 0 Å². The van der Waals surface area contributed by atoms with Gasteiger partial charge in [-0.2, -0.15) is 0 Å². The van der Waals surface area contributed by atoms with Gasteiger partial charge in [0.1, 0.15) is 5.82 Å². The predicted octanol–water partition coefficient (Wildman–Crippen LogP) is 2.84. The van der Waals surface area contributed by atoms with Crippen molar-refractivity contribution in [1.29, 1.82) is 0 Å². The first-order chi connectivity index (χ1) is 13.5. The van der Waals surface area contributed by atoms with Crippen LogP contribution in [0.4, 0.5) is 10.1 Å². The zero-order valence-corrected chi connectivity index (χ0v) is 16.2. The van der Waals surface area contributed by atoms with Gasteiger partial charge in [0.05, 0.1) is 6.04 Å². The third kappa shape index (κ3) is 5.19. The van der Waals surface area contributed by atoms with Crippen molar-refractivity contribution in [2.45, 2.75) is 31.7 Å². The largest absolute Gasteiger partial charge is 0.353 e. The number of amides is 2. The van der Waals surface area contributed by atoms with Gasteiger partial charge in [0, 0.05) is 31.2 Å². The maximum absolute atomic E-state index is 13.0. The first-order valence-electron chi connectivity index (χ1n) is 9.74. The lowest BCUT2D eigenvalue weighted by Gasteiger charge is -2.31. The highest BCUT2D eigenvalue weighted by Crippen LogP contribution is 2.24. The summed E-state index contributed by atoms with van der Waals surface area (Å²) < 4.78 is 15.0. The number of likely N-dealkylation sites (tertiary alicyclic amines) is 1. The molecule has 1 atom stereocenters. The van der Waals surface area contributed by atoms with Crippen LogP contribution < -0.4 is 10.6 Å². The Morgan fingerprint density at radius 2 is 1.71 bits per heavy atom. The van der Waals surface area contributed by atoms with Gasteiger partial charge in [-0.05, 0) is 62.3 Å². The Balaban J connectivity index is 1.63. The zero-order valence-electron chi connectivity index (χ0n) is 16.2. The summed E-state index contributed by atoms with van der Waals surface area (Å²) >= 11 is 0. The summed E-state index contributed by atoms with van der Waals surface area (Å²) in [5.74, 6) is -1.85. The fourth-order valence-corrected chi connectivity index (χ4v) is 3.64. The summed E-state index contributed by atoms with van der Waals surface area (Å²) in [6.07, 6.45) is 6.72. The van der Waals surface area contributed by atoms with Crippen molar-refractivity contribution in [1.82, 2.24) is 14.8 Å². The number of rotatable bonds is 5. The van der Waals surface area contributed by atoms with E-state index in [1.165, 1.54) is 37.1 Å². The molecule has 1 aromatic carbocycles. The summed E-state index contributed by atoms with van der Waals surface area (Å²) in [5, 5.41) is 5.26. The molecule has 6 nitrogen and oxygen atoms in total. The minimum atomic E-state index is -0.756. The van der Waals surface area contributed by atoms with Crippen LogP contribution in [-0.4, -0.2) is 40.9 Å². The SMILES string of the molecule is Cn1cccc1C(CNC(=O)C(=O)Nc1ccc(F)cc1)N1CCCCCC1. The van der Waals surface area contributed by atoms with Crippen molar-refractivity contribution in [3.8, 4) is 0 Å². The molecule has 1 unspecified atom stereocenters. The van der Waals surface area contributed by atoms with E-state index in [1.54, 1.807) is 0 Å². The second-order valence-electron chi connectivity index (χ2n) is 7.18. The number of hydrogen-bond donors (Lipinski definition) is 2. The number of nitrogens with one attached hydrogen (secondary N) is 2. The molecule has 1 fully saturated rings. The van der Waals surface area contributed by atoms with E-state index in [2.05, 4.69) is 26.2 Å². The fourth-order valence-electron chi connectivity index (χ4n) is 3.64. The van der Waals surface area contributed by atoms with E-state index >= 15 is 0 Å². The molecule has 7 heteroatoms. The van der Waals surface area contributed by atoms with Gasteiger partial charge in [-0.1, -0.05) is 12.8 Å². The van der Waals surface area contributed by atoms with Crippen LogP contribution in [0.3, 0.4) is 0 Å². The van der Waals surface area contributed by atoms with Gasteiger partial charge in [-0.3, -0.25) is 14.5 Å². The number of aromatic nitrogens is 1. The zero-order chi connectivity index (χ0) is 19.9. The van der Waals surface area contributed by atoms with Crippen LogP contribution in [0.1, 0.15) is 37.4 Å². The molecule has 0 bridgehead atoms. The number of anilines is 1. The Morgan fingerprint density at radius 3 is 2.32 bits per heavy atom. The lowest BCUT2D eigenvalue weighted by atomic mass is 10.1. The number of carbonyl (C=O) groups is 2. The molecule has 0 spiro atoms. The summed E-state index contributed by atoms with van der Waals surface area (Å²) in [6.45, 7) is 2.31. The molecule has 2 heterocycles. The topological polar surface area (TPSA) is 66.4 Å². The molecule has 0 radical (unpaired) electrons. The second kappa shape index (κ2) is 9.50. The van der Waals surface area contributed by atoms with Crippen LogP contribution in [-0.2, 0) is 16.6 Å². The standard InChI is InChI=1S/C21H27FN4O2/c1-25-12-6-7-18(25)19(26-13-4-2-3-5-14-26)15-23-20(27)21(28)24-17-10-8-16(22)9-11-17/h6-12,19H,2-5,13-15H2,1H3,(H,23,27)(H,24,28). The van der Waals surface area contributed by atoms with E-state index in [-0.39, 0.29) is 6.04 Å². The Hall–Kier alpha value is -2.67. The Morgan fingerprint density at radius 1 is 1.04 bits per heavy atom. The summed E-state index contributed by atoms with van der Waals surface area (Å²) in [5.41, 5.74) is 1.49. The van der Waals surface area contributed by atoms with Crippen molar-refractivity contribution >= 4 is 17.5 Å². The van der Waals surface area contributed by atoms with E-state index in [0.717, 1.165) is 31.6 Å². The number of halogens is 1. The third-order valence-electron chi connectivity index (χ3n) is 5.17. The van der Waals surface area contributed by atoms with Crippen molar-refractivity contribution in [2.75, 3.05) is 25.0 Å². The van der Waals surface area contributed by atoms with Gasteiger partial charge in [0.2, 0.25) is 0 Å². The molecule has 1 saturated heterocycles. The Bertz CT molecular complexity index is 795. The van der Waals surface area contributed by atoms with Crippen molar-refractivity contribution in [3.05, 3.63) is 54.1 Å². The van der Waals surface area contributed by atoms with Crippen molar-refractivity contribution < 1.29 is 14.0 Å². The predicted molar refractivity (Wildman–Crippen MR) is 106 cm³/mol. The quantitative estimate of drug-likeness (QED) is 0.777. The smallest absolute Gasteiger partial charge is 0.313 e. The maximum atomic E-state index is 13.0. The molecule has 1 aliphatic rings. The number of benzene rings is 1. The second-order valence-corrected chi connectivity index (χ2v) is 7.18. The van der Waals surface area contributed by atoms with Gasteiger partial charge < -0.3 is 15.2 Å². The van der Waals surface area contributed by atoms with E-state index in [0.29, 0.717) is 12.2 Å². The van der Waals surface area contributed by atoms with Gasteiger partial charge in [0.15, 0.2) is 0 Å². The van der Waals surface area contributed by atoms with Crippen LogP contribution in [0.25, 0.3) is 0 Å². The molecule has 0 saturated carbocycles. The third-order valence-corrected chi connectivity index (χ3v) is 5.17. The lowest BCUT2D eigenvalue weighted by Crippen LogP contribution is -2.42. The minimum Gasteiger partial charge on any atom is -0.353 e. The highest BCUT2D eigenvalue weighted by molar-refractivity contribution is 6.39. The van der Waals surface area contributed by atoms with Gasteiger partial charge >= 0.3 is 11.8 Å². The summed E-state index contributed by atoms with van der Waals surface area (Å²) in [7, 11) is 1.99.